The SMILES string of the molecule is CC(=O)CC(C)(C)CC(=O)Nc1ccccc1-c1nc2ccccc2[nH]1. The molecule has 3 rings (SSSR count). The van der Waals surface area contributed by atoms with Gasteiger partial charge in [-0.15, -0.1) is 0 Å². The molecule has 134 valence electrons. The van der Waals surface area contributed by atoms with Crippen LogP contribution in [0.3, 0.4) is 0 Å². The molecule has 5 heteroatoms. The van der Waals surface area contributed by atoms with Crippen molar-refractivity contribution in [3.63, 3.8) is 0 Å². The number of imidazole rings is 1. The minimum atomic E-state index is -0.371. The van der Waals surface area contributed by atoms with Crippen LogP contribution in [0.25, 0.3) is 22.4 Å². The monoisotopic (exact) mass is 349 g/mol. The number of H-pyrrole nitrogens is 1. The van der Waals surface area contributed by atoms with Crippen molar-refractivity contribution >= 4 is 28.4 Å². The molecule has 0 saturated heterocycles. The average Bonchev–Trinajstić information content (AvgIpc) is 2.97. The van der Waals surface area contributed by atoms with E-state index in [0.29, 0.717) is 17.9 Å². The summed E-state index contributed by atoms with van der Waals surface area (Å²) in [7, 11) is 0. The predicted molar refractivity (Wildman–Crippen MR) is 104 cm³/mol. The summed E-state index contributed by atoms with van der Waals surface area (Å²) in [5.41, 5.74) is 3.00. The normalized spacial score (nSPS) is 11.5. The number of hydrogen-bond donors (Lipinski definition) is 2. The maximum atomic E-state index is 12.5. The van der Waals surface area contributed by atoms with Gasteiger partial charge in [0.1, 0.15) is 11.6 Å². The number of nitrogens with one attached hydrogen (secondary N) is 2. The lowest BCUT2D eigenvalue weighted by atomic mass is 9.84. The van der Waals surface area contributed by atoms with Crippen LogP contribution in [0.5, 0.6) is 0 Å². The van der Waals surface area contributed by atoms with Crippen molar-refractivity contribution in [2.24, 2.45) is 5.41 Å². The van der Waals surface area contributed by atoms with Crippen LogP contribution < -0.4 is 5.32 Å². The highest BCUT2D eigenvalue weighted by Gasteiger charge is 2.24. The summed E-state index contributed by atoms with van der Waals surface area (Å²) in [5, 5.41) is 2.97. The smallest absolute Gasteiger partial charge is 0.224 e. The van der Waals surface area contributed by atoms with Gasteiger partial charge in [0, 0.05) is 18.4 Å². The number of aromatic nitrogens is 2. The Labute approximate surface area is 152 Å². The number of amides is 1. The molecular formula is C21H23N3O2. The fraction of sp³-hybridized carbons (Fsp3) is 0.286. The summed E-state index contributed by atoms with van der Waals surface area (Å²) in [6, 6.07) is 15.4. The standard InChI is InChI=1S/C21H23N3O2/c1-14(25)12-21(2,3)13-19(26)22-16-9-5-4-8-15(16)20-23-17-10-6-7-11-18(17)24-20/h4-11H,12-13H2,1-3H3,(H,22,26)(H,23,24). The Balaban J connectivity index is 1.83. The van der Waals surface area contributed by atoms with E-state index in [1.807, 2.05) is 62.4 Å². The van der Waals surface area contributed by atoms with Gasteiger partial charge in [-0.05, 0) is 36.6 Å². The van der Waals surface area contributed by atoms with Crippen molar-refractivity contribution in [3.8, 4) is 11.4 Å². The minimum Gasteiger partial charge on any atom is -0.338 e. The van der Waals surface area contributed by atoms with Gasteiger partial charge < -0.3 is 15.1 Å². The molecule has 3 aromatic rings. The van der Waals surface area contributed by atoms with Gasteiger partial charge in [0.15, 0.2) is 0 Å². The molecule has 1 aromatic heterocycles. The van der Waals surface area contributed by atoms with Crippen molar-refractivity contribution in [1.29, 1.82) is 0 Å². The summed E-state index contributed by atoms with van der Waals surface area (Å²) in [6.07, 6.45) is 0.659. The number of nitrogens with zero attached hydrogens (tertiary/aromatic N) is 1. The zero-order chi connectivity index (χ0) is 18.7. The number of aromatic amines is 1. The lowest BCUT2D eigenvalue weighted by molar-refractivity contribution is -0.121. The van der Waals surface area contributed by atoms with Crippen LogP contribution in [0, 0.1) is 5.41 Å². The number of carbonyl (C=O) groups is 2. The van der Waals surface area contributed by atoms with Gasteiger partial charge in [-0.3, -0.25) is 4.79 Å². The summed E-state index contributed by atoms with van der Waals surface area (Å²) in [6.45, 7) is 5.41. The van der Waals surface area contributed by atoms with E-state index in [2.05, 4.69) is 15.3 Å². The van der Waals surface area contributed by atoms with Gasteiger partial charge in [-0.25, -0.2) is 4.98 Å². The van der Waals surface area contributed by atoms with Crippen LogP contribution in [-0.4, -0.2) is 21.7 Å². The molecule has 2 aromatic carbocycles. The Kier molecular flexibility index (Phi) is 4.89. The van der Waals surface area contributed by atoms with Crippen LogP contribution in [0.4, 0.5) is 5.69 Å². The zero-order valence-electron chi connectivity index (χ0n) is 15.3. The molecule has 2 N–H and O–H groups in total. The molecule has 1 amide bonds. The summed E-state index contributed by atoms with van der Waals surface area (Å²) < 4.78 is 0. The first kappa shape index (κ1) is 17.9. The molecule has 1 heterocycles. The number of carbonyl (C=O) groups excluding carboxylic acids is 2. The molecule has 0 aliphatic carbocycles. The quantitative estimate of drug-likeness (QED) is 0.685. The van der Waals surface area contributed by atoms with E-state index in [1.54, 1.807) is 6.92 Å². The Bertz CT molecular complexity index is 924. The highest BCUT2D eigenvalue weighted by Crippen LogP contribution is 2.30. The third-order valence-electron chi connectivity index (χ3n) is 4.21. The Morgan fingerprint density at radius 2 is 1.73 bits per heavy atom. The van der Waals surface area contributed by atoms with Crippen molar-refractivity contribution in [3.05, 3.63) is 48.5 Å². The third-order valence-corrected chi connectivity index (χ3v) is 4.21. The maximum absolute atomic E-state index is 12.5. The Hall–Kier alpha value is -2.95. The van der Waals surface area contributed by atoms with Crippen molar-refractivity contribution < 1.29 is 9.59 Å². The van der Waals surface area contributed by atoms with Crippen LogP contribution in [0.1, 0.15) is 33.6 Å². The number of fused-ring (bicyclic) bond motifs is 1. The van der Waals surface area contributed by atoms with E-state index in [9.17, 15) is 9.59 Å². The molecule has 0 bridgehead atoms. The molecular weight excluding hydrogens is 326 g/mol. The lowest BCUT2D eigenvalue weighted by Crippen LogP contribution is -2.24. The highest BCUT2D eigenvalue weighted by atomic mass is 16.1. The number of ketones is 1. The van der Waals surface area contributed by atoms with Gasteiger partial charge in [0.05, 0.1) is 16.7 Å². The van der Waals surface area contributed by atoms with E-state index in [-0.39, 0.29) is 23.5 Å². The fourth-order valence-corrected chi connectivity index (χ4v) is 3.24. The summed E-state index contributed by atoms with van der Waals surface area (Å²) >= 11 is 0. The van der Waals surface area contributed by atoms with Crippen molar-refractivity contribution in [1.82, 2.24) is 9.97 Å². The molecule has 5 nitrogen and oxygen atoms in total. The van der Waals surface area contributed by atoms with Crippen LogP contribution in [0.15, 0.2) is 48.5 Å². The molecule has 26 heavy (non-hydrogen) atoms. The van der Waals surface area contributed by atoms with E-state index in [0.717, 1.165) is 16.6 Å². The van der Waals surface area contributed by atoms with Gasteiger partial charge in [-0.2, -0.15) is 0 Å². The molecule has 0 unspecified atom stereocenters. The summed E-state index contributed by atoms with van der Waals surface area (Å²) in [4.78, 5) is 31.8. The Morgan fingerprint density at radius 3 is 2.46 bits per heavy atom. The topological polar surface area (TPSA) is 74.8 Å². The molecule has 0 radical (unpaired) electrons. The second-order valence-electron chi connectivity index (χ2n) is 7.42. The number of rotatable bonds is 6. The molecule has 0 spiro atoms. The average molecular weight is 349 g/mol. The first-order valence-corrected chi connectivity index (χ1v) is 8.67. The summed E-state index contributed by atoms with van der Waals surface area (Å²) in [5.74, 6) is 0.690. The number of hydrogen-bond acceptors (Lipinski definition) is 3. The van der Waals surface area contributed by atoms with E-state index in [1.165, 1.54) is 0 Å². The van der Waals surface area contributed by atoms with Gasteiger partial charge in [0.25, 0.3) is 0 Å². The lowest BCUT2D eigenvalue weighted by Gasteiger charge is -2.22. The van der Waals surface area contributed by atoms with E-state index in [4.69, 9.17) is 0 Å². The van der Waals surface area contributed by atoms with Crippen LogP contribution >= 0.6 is 0 Å². The third kappa shape index (κ3) is 4.17. The van der Waals surface area contributed by atoms with Gasteiger partial charge in [-0.1, -0.05) is 38.1 Å². The largest absolute Gasteiger partial charge is 0.338 e. The van der Waals surface area contributed by atoms with E-state index >= 15 is 0 Å². The van der Waals surface area contributed by atoms with Crippen molar-refractivity contribution in [2.75, 3.05) is 5.32 Å². The molecule has 0 fully saturated rings. The zero-order valence-corrected chi connectivity index (χ0v) is 15.3. The first-order chi connectivity index (χ1) is 12.3. The molecule has 0 atom stereocenters. The van der Waals surface area contributed by atoms with Crippen LogP contribution in [0.2, 0.25) is 0 Å². The van der Waals surface area contributed by atoms with Gasteiger partial charge >= 0.3 is 0 Å². The molecule has 0 aliphatic heterocycles. The second kappa shape index (κ2) is 7.12. The number of Topliss-reactive ketones (excluding diaryl/α,β-unsaturated/α-hetero) is 1. The number of benzene rings is 2. The number of para-hydroxylation sites is 3. The Morgan fingerprint density at radius 1 is 1.04 bits per heavy atom. The fourth-order valence-electron chi connectivity index (χ4n) is 3.24. The van der Waals surface area contributed by atoms with Crippen molar-refractivity contribution in [2.45, 2.75) is 33.6 Å². The van der Waals surface area contributed by atoms with Crippen LogP contribution in [-0.2, 0) is 9.59 Å². The highest BCUT2D eigenvalue weighted by molar-refractivity contribution is 5.96. The predicted octanol–water partition coefficient (Wildman–Crippen LogP) is 4.56. The molecule has 0 aliphatic rings. The second-order valence-corrected chi connectivity index (χ2v) is 7.42. The van der Waals surface area contributed by atoms with Gasteiger partial charge in [0.2, 0.25) is 5.91 Å². The maximum Gasteiger partial charge on any atom is 0.224 e. The van der Waals surface area contributed by atoms with E-state index < -0.39 is 0 Å². The minimum absolute atomic E-state index is 0.0884. The molecule has 0 saturated carbocycles. The first-order valence-electron chi connectivity index (χ1n) is 8.67. The number of anilines is 1.